The van der Waals surface area contributed by atoms with Gasteiger partial charge in [-0.05, 0) is 31.2 Å². The van der Waals surface area contributed by atoms with E-state index in [2.05, 4.69) is 24.0 Å². The molecule has 3 heterocycles. The van der Waals surface area contributed by atoms with E-state index >= 15 is 0 Å². The Morgan fingerprint density at radius 1 is 1.31 bits per heavy atom. The molecule has 3 nitrogen and oxygen atoms in total. The van der Waals surface area contributed by atoms with E-state index in [-0.39, 0.29) is 5.75 Å². The van der Waals surface area contributed by atoms with Crippen molar-refractivity contribution in [2.75, 3.05) is 0 Å². The number of pyridine rings is 1. The van der Waals surface area contributed by atoms with Crippen molar-refractivity contribution in [3.05, 3.63) is 41.5 Å². The summed E-state index contributed by atoms with van der Waals surface area (Å²) in [5.74, 6) is 0.210. The van der Waals surface area contributed by atoms with E-state index in [1.807, 2.05) is 16.8 Å². The number of thiophene rings is 1. The summed E-state index contributed by atoms with van der Waals surface area (Å²) in [7, 11) is 0. The van der Waals surface area contributed by atoms with Gasteiger partial charge in [0.2, 0.25) is 0 Å². The molecule has 80 valence electrons. The van der Waals surface area contributed by atoms with Crippen molar-refractivity contribution < 1.29 is 5.11 Å². The molecule has 0 spiro atoms. The predicted octanol–water partition coefficient (Wildman–Crippen LogP) is 3.08. The molecule has 0 radical (unpaired) electrons. The molecule has 0 unspecified atom stereocenters. The van der Waals surface area contributed by atoms with E-state index in [1.165, 1.54) is 4.88 Å². The second kappa shape index (κ2) is 3.35. The van der Waals surface area contributed by atoms with E-state index in [4.69, 9.17) is 0 Å². The van der Waals surface area contributed by atoms with Gasteiger partial charge in [-0.1, -0.05) is 0 Å². The molecule has 3 rings (SSSR count). The van der Waals surface area contributed by atoms with Gasteiger partial charge in [0, 0.05) is 17.3 Å². The minimum absolute atomic E-state index is 0.210. The number of aromatic nitrogens is 2. The van der Waals surface area contributed by atoms with Crippen LogP contribution >= 0.6 is 11.3 Å². The fourth-order valence-electron chi connectivity index (χ4n) is 1.69. The van der Waals surface area contributed by atoms with Crippen LogP contribution < -0.4 is 0 Å². The number of aryl methyl sites for hydroxylation is 1. The van der Waals surface area contributed by atoms with Crippen molar-refractivity contribution in [2.45, 2.75) is 6.92 Å². The number of fused-ring (bicyclic) bond motifs is 1. The van der Waals surface area contributed by atoms with Crippen LogP contribution in [0, 0.1) is 6.92 Å². The van der Waals surface area contributed by atoms with Crippen LogP contribution in [0.25, 0.3) is 16.2 Å². The minimum Gasteiger partial charge on any atom is -0.504 e. The molecular weight excluding hydrogens is 220 g/mol. The maximum atomic E-state index is 9.66. The Labute approximate surface area is 96.6 Å². The Morgan fingerprint density at radius 3 is 2.88 bits per heavy atom. The molecule has 0 aliphatic carbocycles. The lowest BCUT2D eigenvalue weighted by atomic mass is 10.4. The highest BCUT2D eigenvalue weighted by Gasteiger charge is 2.08. The van der Waals surface area contributed by atoms with Gasteiger partial charge in [0.25, 0.3) is 0 Å². The Kier molecular flexibility index (Phi) is 1.97. The van der Waals surface area contributed by atoms with Crippen molar-refractivity contribution in [1.29, 1.82) is 0 Å². The molecule has 1 N–H and O–H groups in total. The fraction of sp³-hybridized carbons (Fsp3) is 0.0833. The first kappa shape index (κ1) is 9.42. The van der Waals surface area contributed by atoms with Gasteiger partial charge >= 0.3 is 0 Å². The second-order valence-electron chi connectivity index (χ2n) is 3.66. The summed E-state index contributed by atoms with van der Waals surface area (Å²) in [6.07, 6.45) is 3.81. The minimum atomic E-state index is 0.210. The normalized spacial score (nSPS) is 11.1. The molecule has 0 amide bonds. The van der Waals surface area contributed by atoms with Gasteiger partial charge in [-0.3, -0.25) is 0 Å². The largest absolute Gasteiger partial charge is 0.504 e. The lowest BCUT2D eigenvalue weighted by molar-refractivity contribution is 0.477. The van der Waals surface area contributed by atoms with E-state index in [1.54, 1.807) is 23.5 Å². The monoisotopic (exact) mass is 230 g/mol. The molecule has 0 saturated carbocycles. The molecule has 4 heteroatoms. The molecule has 0 fully saturated rings. The van der Waals surface area contributed by atoms with E-state index < -0.39 is 0 Å². The second-order valence-corrected chi connectivity index (χ2v) is 4.95. The van der Waals surface area contributed by atoms with Gasteiger partial charge < -0.3 is 9.51 Å². The summed E-state index contributed by atoms with van der Waals surface area (Å²) in [5, 5.41) is 9.66. The van der Waals surface area contributed by atoms with Crippen LogP contribution in [-0.4, -0.2) is 14.5 Å². The summed E-state index contributed by atoms with van der Waals surface area (Å²) < 4.78 is 1.83. The highest BCUT2D eigenvalue weighted by molar-refractivity contribution is 7.15. The molecule has 16 heavy (non-hydrogen) atoms. The van der Waals surface area contributed by atoms with Crippen molar-refractivity contribution >= 4 is 17.0 Å². The summed E-state index contributed by atoms with van der Waals surface area (Å²) in [6.45, 7) is 2.07. The van der Waals surface area contributed by atoms with Crippen LogP contribution in [0.15, 0.2) is 36.7 Å². The summed E-state index contributed by atoms with van der Waals surface area (Å²) >= 11 is 1.70. The van der Waals surface area contributed by atoms with Gasteiger partial charge in [0.05, 0.1) is 10.6 Å². The van der Waals surface area contributed by atoms with Crippen LogP contribution in [-0.2, 0) is 0 Å². The SMILES string of the molecule is Cc1ccc(-c2cn3cccc(O)c3n2)s1. The van der Waals surface area contributed by atoms with Crippen LogP contribution in [0.1, 0.15) is 4.88 Å². The predicted molar refractivity (Wildman–Crippen MR) is 64.9 cm³/mol. The molecule has 3 aromatic heterocycles. The molecule has 0 saturated heterocycles. The highest BCUT2D eigenvalue weighted by Crippen LogP contribution is 2.28. The maximum absolute atomic E-state index is 9.66. The smallest absolute Gasteiger partial charge is 0.180 e. The molecule has 3 aromatic rings. The average molecular weight is 230 g/mol. The zero-order valence-electron chi connectivity index (χ0n) is 8.71. The van der Waals surface area contributed by atoms with E-state index in [0.717, 1.165) is 10.6 Å². The van der Waals surface area contributed by atoms with E-state index in [9.17, 15) is 5.11 Å². The fourth-order valence-corrected chi connectivity index (χ4v) is 2.51. The zero-order valence-corrected chi connectivity index (χ0v) is 9.53. The Bertz CT molecular complexity index is 654. The molecule has 0 aromatic carbocycles. The van der Waals surface area contributed by atoms with Gasteiger partial charge in [-0.25, -0.2) is 4.98 Å². The molecular formula is C12H10N2OS. The topological polar surface area (TPSA) is 37.5 Å². The van der Waals surface area contributed by atoms with Crippen molar-refractivity contribution in [3.63, 3.8) is 0 Å². The average Bonchev–Trinajstić information content (AvgIpc) is 2.84. The number of hydrogen-bond donors (Lipinski definition) is 1. The quantitative estimate of drug-likeness (QED) is 0.697. The summed E-state index contributed by atoms with van der Waals surface area (Å²) in [6, 6.07) is 7.57. The van der Waals surface area contributed by atoms with Gasteiger partial charge in [-0.15, -0.1) is 11.3 Å². The van der Waals surface area contributed by atoms with Gasteiger partial charge in [-0.2, -0.15) is 0 Å². The number of nitrogens with zero attached hydrogens (tertiary/aromatic N) is 2. The maximum Gasteiger partial charge on any atom is 0.180 e. The number of imidazole rings is 1. The van der Waals surface area contributed by atoms with Crippen molar-refractivity contribution in [3.8, 4) is 16.3 Å². The number of aromatic hydroxyl groups is 1. The molecule has 0 aliphatic heterocycles. The van der Waals surface area contributed by atoms with Crippen molar-refractivity contribution in [1.82, 2.24) is 9.38 Å². The number of rotatable bonds is 1. The third kappa shape index (κ3) is 1.39. The molecule has 0 bridgehead atoms. The van der Waals surface area contributed by atoms with Gasteiger partial charge in [0.1, 0.15) is 0 Å². The van der Waals surface area contributed by atoms with Crippen LogP contribution in [0.3, 0.4) is 0 Å². The van der Waals surface area contributed by atoms with Crippen LogP contribution in [0.5, 0.6) is 5.75 Å². The lowest BCUT2D eigenvalue weighted by Crippen LogP contribution is -1.80. The first-order valence-corrected chi connectivity index (χ1v) is 5.79. The third-order valence-corrected chi connectivity index (χ3v) is 3.48. The third-order valence-electron chi connectivity index (χ3n) is 2.45. The van der Waals surface area contributed by atoms with Crippen LogP contribution in [0.2, 0.25) is 0 Å². The van der Waals surface area contributed by atoms with Gasteiger partial charge in [0.15, 0.2) is 11.4 Å². The Balaban J connectivity index is 2.22. The van der Waals surface area contributed by atoms with Crippen molar-refractivity contribution in [2.24, 2.45) is 0 Å². The first-order valence-electron chi connectivity index (χ1n) is 4.97. The zero-order chi connectivity index (χ0) is 11.1. The summed E-state index contributed by atoms with van der Waals surface area (Å²) in [4.78, 5) is 6.81. The van der Waals surface area contributed by atoms with E-state index in [0.29, 0.717) is 5.65 Å². The lowest BCUT2D eigenvalue weighted by Gasteiger charge is -1.92. The number of hydrogen-bond acceptors (Lipinski definition) is 3. The standard InChI is InChI=1S/C12H10N2OS/c1-8-4-5-11(16-8)9-7-14-6-2-3-10(15)12(14)13-9/h2-7,15H,1H3. The first-order chi connectivity index (χ1) is 7.74. The molecule has 0 atom stereocenters. The summed E-state index contributed by atoms with van der Waals surface area (Å²) in [5.41, 5.74) is 1.50. The molecule has 0 aliphatic rings. The van der Waals surface area contributed by atoms with Crippen LogP contribution in [0.4, 0.5) is 0 Å². The highest BCUT2D eigenvalue weighted by atomic mass is 32.1. The Hall–Kier alpha value is -1.81. The Morgan fingerprint density at radius 2 is 2.19 bits per heavy atom.